The summed E-state index contributed by atoms with van der Waals surface area (Å²) in [5, 5.41) is 5.64. The maximum Gasteiger partial charge on any atom is 0.0901 e. The summed E-state index contributed by atoms with van der Waals surface area (Å²) in [6.45, 7) is 0. The van der Waals surface area contributed by atoms with Gasteiger partial charge in [-0.3, -0.25) is 0 Å². The van der Waals surface area contributed by atoms with Crippen molar-refractivity contribution in [3.63, 3.8) is 0 Å². The van der Waals surface area contributed by atoms with Crippen molar-refractivity contribution in [3.05, 3.63) is 96.5 Å². The van der Waals surface area contributed by atoms with Crippen LogP contribution in [0.5, 0.6) is 0 Å². The van der Waals surface area contributed by atoms with Crippen molar-refractivity contribution in [1.29, 1.82) is 0 Å². The standard InChI is InChI=1S/C18H16.C6H6O/c1-3-7-15-13(5-1)9-11-18-16-8-4-2-6-14(16)10-12-17(15)18;1-2-4-6-7-5-3-1/h1,3,5,7,9-12H,2,4,6,8H2;1-6H. The second-order valence-electron chi connectivity index (χ2n) is 6.47. The maximum atomic E-state index is 4.77. The summed E-state index contributed by atoms with van der Waals surface area (Å²) in [7, 11) is 0. The van der Waals surface area contributed by atoms with E-state index in [0.29, 0.717) is 0 Å². The molecule has 25 heavy (non-hydrogen) atoms. The first-order chi connectivity index (χ1) is 12.4. The van der Waals surface area contributed by atoms with Crippen LogP contribution in [0.2, 0.25) is 0 Å². The van der Waals surface area contributed by atoms with E-state index in [2.05, 4.69) is 48.5 Å². The van der Waals surface area contributed by atoms with Crippen molar-refractivity contribution in [3.8, 4) is 0 Å². The molecule has 0 bridgehead atoms. The Bertz CT molecular complexity index is 962. The Kier molecular flexibility index (Phi) is 4.65. The van der Waals surface area contributed by atoms with E-state index in [4.69, 9.17) is 4.74 Å². The van der Waals surface area contributed by atoms with E-state index < -0.39 is 0 Å². The first kappa shape index (κ1) is 15.7. The Morgan fingerprint density at radius 1 is 0.600 bits per heavy atom. The second-order valence-corrected chi connectivity index (χ2v) is 6.47. The lowest BCUT2D eigenvalue weighted by molar-refractivity contribution is 0.404. The fraction of sp³-hybridized carbons (Fsp3) is 0.167. The molecular formula is C24H22O. The van der Waals surface area contributed by atoms with Gasteiger partial charge in [-0.1, -0.05) is 60.7 Å². The van der Waals surface area contributed by atoms with Gasteiger partial charge in [0, 0.05) is 0 Å². The molecule has 1 aliphatic heterocycles. The van der Waals surface area contributed by atoms with E-state index in [1.54, 1.807) is 23.7 Å². The van der Waals surface area contributed by atoms with Gasteiger partial charge < -0.3 is 4.74 Å². The molecule has 124 valence electrons. The molecule has 1 heterocycles. The molecule has 0 N–H and O–H groups in total. The molecule has 0 unspecified atom stereocenters. The Morgan fingerprint density at radius 3 is 2.24 bits per heavy atom. The van der Waals surface area contributed by atoms with Crippen LogP contribution in [-0.4, -0.2) is 0 Å². The highest BCUT2D eigenvalue weighted by atomic mass is 16.5. The lowest BCUT2D eigenvalue weighted by Crippen LogP contribution is -2.02. The van der Waals surface area contributed by atoms with E-state index in [1.807, 2.05) is 24.3 Å². The van der Waals surface area contributed by atoms with Crippen LogP contribution in [0, 0.1) is 0 Å². The molecule has 0 fully saturated rings. The van der Waals surface area contributed by atoms with Gasteiger partial charge in [-0.15, -0.1) is 0 Å². The van der Waals surface area contributed by atoms with E-state index in [0.717, 1.165) is 0 Å². The molecule has 3 aromatic carbocycles. The molecule has 3 aromatic rings. The number of allylic oxidation sites excluding steroid dienone is 4. The summed E-state index contributed by atoms with van der Waals surface area (Å²) in [6, 6.07) is 18.0. The van der Waals surface area contributed by atoms with Crippen LogP contribution in [0.25, 0.3) is 21.5 Å². The highest BCUT2D eigenvalue weighted by Crippen LogP contribution is 2.33. The summed E-state index contributed by atoms with van der Waals surface area (Å²) in [4.78, 5) is 0. The zero-order valence-corrected chi connectivity index (χ0v) is 14.3. The van der Waals surface area contributed by atoms with E-state index in [-0.39, 0.29) is 0 Å². The van der Waals surface area contributed by atoms with Crippen LogP contribution >= 0.6 is 0 Å². The van der Waals surface area contributed by atoms with Gasteiger partial charge in [0.1, 0.15) is 0 Å². The summed E-state index contributed by atoms with van der Waals surface area (Å²) < 4.78 is 4.77. The van der Waals surface area contributed by atoms with E-state index in [1.165, 1.54) is 47.2 Å². The molecule has 1 heteroatoms. The number of hydrogen-bond acceptors (Lipinski definition) is 1. The molecule has 5 rings (SSSR count). The molecule has 0 saturated carbocycles. The molecule has 0 saturated heterocycles. The third-order valence-corrected chi connectivity index (χ3v) is 4.91. The van der Waals surface area contributed by atoms with Gasteiger partial charge in [0.2, 0.25) is 0 Å². The Labute approximate surface area is 148 Å². The Hall–Kier alpha value is -2.80. The summed E-state index contributed by atoms with van der Waals surface area (Å²) in [5.41, 5.74) is 3.17. The molecule has 1 nitrogen and oxygen atoms in total. The summed E-state index contributed by atoms with van der Waals surface area (Å²) in [6.07, 6.45) is 15.9. The zero-order valence-electron chi connectivity index (χ0n) is 14.3. The van der Waals surface area contributed by atoms with Crippen LogP contribution in [0.15, 0.2) is 85.4 Å². The predicted octanol–water partition coefficient (Wildman–Crippen LogP) is 6.47. The number of benzene rings is 3. The monoisotopic (exact) mass is 326 g/mol. The van der Waals surface area contributed by atoms with Crippen molar-refractivity contribution in [2.75, 3.05) is 0 Å². The molecule has 0 amide bonds. The van der Waals surface area contributed by atoms with E-state index >= 15 is 0 Å². The Morgan fingerprint density at radius 2 is 1.36 bits per heavy atom. The van der Waals surface area contributed by atoms with Crippen LogP contribution in [-0.2, 0) is 17.6 Å². The van der Waals surface area contributed by atoms with Crippen molar-refractivity contribution < 1.29 is 4.74 Å². The Balaban J connectivity index is 0.000000190. The van der Waals surface area contributed by atoms with Crippen LogP contribution in [0.1, 0.15) is 24.0 Å². The number of ether oxygens (including phenoxy) is 1. The minimum absolute atomic E-state index is 1.25. The molecule has 0 aromatic heterocycles. The van der Waals surface area contributed by atoms with Crippen molar-refractivity contribution >= 4 is 21.5 Å². The molecular weight excluding hydrogens is 304 g/mol. The van der Waals surface area contributed by atoms with Gasteiger partial charge in [0.15, 0.2) is 0 Å². The largest absolute Gasteiger partial charge is 0.473 e. The number of rotatable bonds is 0. The highest BCUT2D eigenvalue weighted by Gasteiger charge is 2.13. The lowest BCUT2D eigenvalue weighted by Gasteiger charge is -2.18. The first-order valence-electron chi connectivity index (χ1n) is 8.99. The van der Waals surface area contributed by atoms with Crippen LogP contribution in [0.4, 0.5) is 0 Å². The molecule has 1 aliphatic carbocycles. The summed E-state index contributed by atoms with van der Waals surface area (Å²) >= 11 is 0. The van der Waals surface area contributed by atoms with Crippen molar-refractivity contribution in [1.82, 2.24) is 0 Å². The quantitative estimate of drug-likeness (QED) is 0.430. The number of aryl methyl sites for hydroxylation is 2. The van der Waals surface area contributed by atoms with E-state index in [9.17, 15) is 0 Å². The minimum Gasteiger partial charge on any atom is -0.473 e. The number of hydrogen-bond donors (Lipinski definition) is 0. The second kappa shape index (κ2) is 7.40. The summed E-state index contributed by atoms with van der Waals surface area (Å²) in [5.74, 6) is 0. The predicted molar refractivity (Wildman–Crippen MR) is 107 cm³/mol. The average molecular weight is 326 g/mol. The van der Waals surface area contributed by atoms with Gasteiger partial charge in [-0.2, -0.15) is 0 Å². The van der Waals surface area contributed by atoms with Gasteiger partial charge in [-0.25, -0.2) is 0 Å². The maximum absolute atomic E-state index is 4.77. The SMILES string of the molecule is C1=CC=COC=C1.c1ccc2c(c1)ccc1c3c(ccc12)CCCC3. The highest BCUT2D eigenvalue weighted by molar-refractivity contribution is 6.08. The minimum atomic E-state index is 1.25. The zero-order chi connectivity index (χ0) is 16.9. The third kappa shape index (κ3) is 3.36. The third-order valence-electron chi connectivity index (χ3n) is 4.91. The lowest BCUT2D eigenvalue weighted by atomic mass is 9.86. The smallest absolute Gasteiger partial charge is 0.0901 e. The first-order valence-corrected chi connectivity index (χ1v) is 8.99. The van der Waals surface area contributed by atoms with Crippen molar-refractivity contribution in [2.24, 2.45) is 0 Å². The molecule has 0 atom stereocenters. The van der Waals surface area contributed by atoms with Gasteiger partial charge in [0.25, 0.3) is 0 Å². The molecule has 0 radical (unpaired) electrons. The topological polar surface area (TPSA) is 9.23 Å². The fourth-order valence-corrected chi connectivity index (χ4v) is 3.70. The van der Waals surface area contributed by atoms with Crippen LogP contribution in [0.3, 0.4) is 0 Å². The molecule has 2 aliphatic rings. The van der Waals surface area contributed by atoms with Crippen molar-refractivity contribution in [2.45, 2.75) is 25.7 Å². The van der Waals surface area contributed by atoms with Gasteiger partial charge in [-0.05, 0) is 70.5 Å². The van der Waals surface area contributed by atoms with Gasteiger partial charge in [0.05, 0.1) is 12.5 Å². The fourth-order valence-electron chi connectivity index (χ4n) is 3.70. The number of fused-ring (bicyclic) bond motifs is 5. The van der Waals surface area contributed by atoms with Gasteiger partial charge >= 0.3 is 0 Å². The van der Waals surface area contributed by atoms with Crippen LogP contribution < -0.4 is 0 Å². The normalized spacial score (nSPS) is 15.2. The average Bonchev–Trinajstić information content (AvgIpc) is 3.01. The molecule has 0 spiro atoms.